The summed E-state index contributed by atoms with van der Waals surface area (Å²) in [5, 5.41) is 0. The molecule has 0 bridgehead atoms. The molecule has 0 saturated carbocycles. The first kappa shape index (κ1) is 3.84. The molecule has 0 aromatic heterocycles. The quantitative estimate of drug-likeness (QED) is 0.440. The van der Waals surface area contributed by atoms with E-state index in [2.05, 4.69) is 11.1 Å². The summed E-state index contributed by atoms with van der Waals surface area (Å²) in [5.41, 5.74) is 2.64. The number of aliphatic imine (C=N–C) groups is 1. The maximum Gasteiger partial charge on any atom is 0.0273 e. The molecule has 1 nitrogen and oxygen atoms in total. The molecule has 1 heteroatoms. The predicted octanol–water partition coefficient (Wildman–Crippen LogP) is 1.45. The van der Waals surface area contributed by atoms with Gasteiger partial charge in [0.05, 0.1) is 0 Å². The Morgan fingerprint density at radius 1 is 1.25 bits per heavy atom. The summed E-state index contributed by atoms with van der Waals surface area (Å²) in [4.78, 5) is 3.93. The predicted molar refractivity (Wildman–Crippen MR) is 33.8 cm³/mol. The van der Waals surface area contributed by atoms with E-state index in [-0.39, 0.29) is 0 Å². The molecular weight excluding hydrogens is 98.1 g/mol. The van der Waals surface area contributed by atoms with Gasteiger partial charge in [-0.25, -0.2) is 0 Å². The largest absolute Gasteiger partial charge is 0.265 e. The van der Waals surface area contributed by atoms with Crippen LogP contribution in [0.5, 0.6) is 0 Å². The Labute approximate surface area is 47.7 Å². The first-order chi connectivity index (χ1) is 3.97. The Morgan fingerprint density at radius 3 is 3.25 bits per heavy atom. The van der Waals surface area contributed by atoms with Gasteiger partial charge in [-0.3, -0.25) is 4.99 Å². The lowest BCUT2D eigenvalue weighted by Gasteiger charge is -1.66. The Morgan fingerprint density at radius 2 is 2.25 bits per heavy atom. The van der Waals surface area contributed by atoms with Gasteiger partial charge in [-0.2, -0.15) is 0 Å². The minimum absolute atomic E-state index is 1.32. The van der Waals surface area contributed by atoms with Crippen LogP contribution in [0.4, 0.5) is 0 Å². The molecule has 8 heavy (non-hydrogen) atoms. The lowest BCUT2D eigenvalue weighted by Crippen LogP contribution is -1.57. The Kier molecular flexibility index (Phi) is 0.570. The molecule has 2 aliphatic rings. The Bertz CT molecular complexity index is 229. The minimum atomic E-state index is 1.32. The van der Waals surface area contributed by atoms with Gasteiger partial charge in [0, 0.05) is 12.4 Å². The van der Waals surface area contributed by atoms with Gasteiger partial charge in [0.2, 0.25) is 0 Å². The number of rotatable bonds is 0. The molecule has 0 spiro atoms. The molecule has 0 unspecified atom stereocenters. The van der Waals surface area contributed by atoms with E-state index in [4.69, 9.17) is 0 Å². The number of hydrogen-bond donors (Lipinski definition) is 0. The van der Waals surface area contributed by atoms with E-state index >= 15 is 0 Å². The van der Waals surface area contributed by atoms with Crippen LogP contribution in [-0.4, -0.2) is 6.21 Å². The number of nitrogens with zero attached hydrogens (tertiary/aromatic N) is 1. The maximum atomic E-state index is 3.93. The average molecular weight is 103 g/mol. The standard InChI is InChI=1S/C7H5N/c1-3-8-4-2-7-5-6(1)7/h1-5H. The minimum Gasteiger partial charge on any atom is -0.265 e. The second-order valence-corrected chi connectivity index (χ2v) is 1.84. The van der Waals surface area contributed by atoms with Gasteiger partial charge in [-0.1, -0.05) is 0 Å². The zero-order chi connectivity index (χ0) is 5.40. The second-order valence-electron chi connectivity index (χ2n) is 1.84. The van der Waals surface area contributed by atoms with E-state index in [9.17, 15) is 0 Å². The van der Waals surface area contributed by atoms with E-state index in [1.165, 1.54) is 11.1 Å². The topological polar surface area (TPSA) is 12.4 Å². The van der Waals surface area contributed by atoms with E-state index in [1.807, 2.05) is 24.6 Å². The van der Waals surface area contributed by atoms with Crippen LogP contribution in [0.1, 0.15) is 0 Å². The molecule has 0 amide bonds. The first-order valence-electron chi connectivity index (χ1n) is 2.59. The monoisotopic (exact) mass is 103 g/mol. The summed E-state index contributed by atoms with van der Waals surface area (Å²) < 4.78 is 0. The molecule has 0 aromatic carbocycles. The molecule has 0 fully saturated rings. The summed E-state index contributed by atoms with van der Waals surface area (Å²) in [6.45, 7) is 0. The number of allylic oxidation sites excluding steroid dienone is 5. The fourth-order valence-corrected chi connectivity index (χ4v) is 0.716. The maximum absolute atomic E-state index is 3.93. The van der Waals surface area contributed by atoms with Crippen LogP contribution in [0, 0.1) is 0 Å². The van der Waals surface area contributed by atoms with Crippen molar-refractivity contribution in [3.63, 3.8) is 0 Å². The molecule has 0 N–H and O–H groups in total. The zero-order valence-electron chi connectivity index (χ0n) is 4.33. The molecule has 1 aliphatic carbocycles. The van der Waals surface area contributed by atoms with Crippen LogP contribution in [0.15, 0.2) is 40.6 Å². The van der Waals surface area contributed by atoms with Gasteiger partial charge in [0.25, 0.3) is 0 Å². The molecule has 2 rings (SSSR count). The van der Waals surface area contributed by atoms with Crippen LogP contribution in [0.3, 0.4) is 0 Å². The summed E-state index contributed by atoms with van der Waals surface area (Å²) in [6, 6.07) is 0. The third-order valence-electron chi connectivity index (χ3n) is 1.24. The van der Waals surface area contributed by atoms with Crippen molar-refractivity contribution in [2.75, 3.05) is 0 Å². The second kappa shape index (κ2) is 1.19. The van der Waals surface area contributed by atoms with Crippen LogP contribution < -0.4 is 0 Å². The molecule has 0 atom stereocenters. The lowest BCUT2D eigenvalue weighted by atomic mass is 10.4. The van der Waals surface area contributed by atoms with Crippen LogP contribution in [0.25, 0.3) is 0 Å². The lowest BCUT2D eigenvalue weighted by molar-refractivity contribution is 1.60. The van der Waals surface area contributed by atoms with Crippen molar-refractivity contribution in [1.29, 1.82) is 0 Å². The van der Waals surface area contributed by atoms with Crippen molar-refractivity contribution in [3.8, 4) is 0 Å². The van der Waals surface area contributed by atoms with Gasteiger partial charge >= 0.3 is 0 Å². The van der Waals surface area contributed by atoms with Gasteiger partial charge in [-0.15, -0.1) is 0 Å². The van der Waals surface area contributed by atoms with Crippen molar-refractivity contribution in [2.24, 2.45) is 4.99 Å². The smallest absolute Gasteiger partial charge is 0.0273 e. The highest BCUT2D eigenvalue weighted by molar-refractivity contribution is 5.82. The normalized spacial score (nSPS) is 21.0. The highest BCUT2D eigenvalue weighted by Crippen LogP contribution is 2.28. The highest BCUT2D eigenvalue weighted by atomic mass is 14.7. The Hall–Kier alpha value is -1.11. The summed E-state index contributed by atoms with van der Waals surface area (Å²) in [6.07, 6.45) is 9.76. The van der Waals surface area contributed by atoms with Crippen molar-refractivity contribution in [3.05, 3.63) is 35.6 Å². The van der Waals surface area contributed by atoms with Crippen molar-refractivity contribution >= 4 is 6.21 Å². The molecule has 38 valence electrons. The van der Waals surface area contributed by atoms with Crippen LogP contribution in [0.2, 0.25) is 0 Å². The third kappa shape index (κ3) is 0.445. The fourth-order valence-electron chi connectivity index (χ4n) is 0.716. The van der Waals surface area contributed by atoms with Gasteiger partial charge in [-0.05, 0) is 29.4 Å². The average Bonchev–Trinajstić information content (AvgIpc) is 2.36. The van der Waals surface area contributed by atoms with E-state index in [0.29, 0.717) is 0 Å². The first-order valence-corrected chi connectivity index (χ1v) is 2.59. The van der Waals surface area contributed by atoms with Gasteiger partial charge in [0.1, 0.15) is 0 Å². The summed E-state index contributed by atoms with van der Waals surface area (Å²) >= 11 is 0. The third-order valence-corrected chi connectivity index (χ3v) is 1.24. The molecule has 1 heterocycles. The highest BCUT2D eigenvalue weighted by Gasteiger charge is 2.11. The van der Waals surface area contributed by atoms with E-state index in [0.717, 1.165) is 0 Å². The summed E-state index contributed by atoms with van der Waals surface area (Å²) in [7, 11) is 0. The summed E-state index contributed by atoms with van der Waals surface area (Å²) in [5.74, 6) is 0. The van der Waals surface area contributed by atoms with Crippen molar-refractivity contribution in [1.82, 2.24) is 0 Å². The number of fused-ring (bicyclic) bond motifs is 1. The molecule has 0 saturated heterocycles. The van der Waals surface area contributed by atoms with Crippen LogP contribution in [-0.2, 0) is 0 Å². The van der Waals surface area contributed by atoms with E-state index < -0.39 is 0 Å². The molecule has 1 aliphatic heterocycles. The molecule has 0 aromatic rings. The van der Waals surface area contributed by atoms with Gasteiger partial charge in [0.15, 0.2) is 0 Å². The van der Waals surface area contributed by atoms with Crippen molar-refractivity contribution < 1.29 is 0 Å². The zero-order valence-corrected chi connectivity index (χ0v) is 4.33. The molecular formula is C7H5N. The van der Waals surface area contributed by atoms with Crippen molar-refractivity contribution in [2.45, 2.75) is 0 Å². The van der Waals surface area contributed by atoms with Crippen LogP contribution >= 0.6 is 0 Å². The molecule has 0 radical (unpaired) electrons. The van der Waals surface area contributed by atoms with Gasteiger partial charge < -0.3 is 0 Å². The van der Waals surface area contributed by atoms with E-state index in [1.54, 1.807) is 0 Å². The fraction of sp³-hybridized carbons (Fsp3) is 0. The SMILES string of the molecule is C1=CC2=CC2=CC=N1. The Balaban J connectivity index is 2.42. The number of hydrogen-bond acceptors (Lipinski definition) is 1.